The second-order valence-corrected chi connectivity index (χ2v) is 7.30. The molecular formula is C15H30N2. The number of hydrogen-bond donors (Lipinski definition) is 0. The van der Waals surface area contributed by atoms with Crippen molar-refractivity contribution in [3.05, 3.63) is 0 Å². The average Bonchev–Trinajstić information content (AvgIpc) is 2.50. The van der Waals surface area contributed by atoms with Gasteiger partial charge in [0.25, 0.3) is 0 Å². The van der Waals surface area contributed by atoms with E-state index in [-0.39, 0.29) is 0 Å². The van der Waals surface area contributed by atoms with Crippen molar-refractivity contribution in [2.45, 2.75) is 59.0 Å². The van der Waals surface area contributed by atoms with Gasteiger partial charge in [-0.3, -0.25) is 4.90 Å². The van der Waals surface area contributed by atoms with E-state index in [2.05, 4.69) is 44.4 Å². The lowest BCUT2D eigenvalue weighted by atomic mass is 9.92. The first-order chi connectivity index (χ1) is 7.88. The largest absolute Gasteiger partial charge is 0.300 e. The van der Waals surface area contributed by atoms with Gasteiger partial charge in [0.05, 0.1) is 0 Å². The highest BCUT2D eigenvalue weighted by Crippen LogP contribution is 2.34. The molecule has 0 amide bonds. The lowest BCUT2D eigenvalue weighted by Gasteiger charge is -2.35. The zero-order chi connectivity index (χ0) is 12.6. The molecule has 2 rings (SSSR count). The quantitative estimate of drug-likeness (QED) is 0.693. The summed E-state index contributed by atoms with van der Waals surface area (Å²) in [6.45, 7) is 17.0. The number of rotatable bonds is 1. The maximum atomic E-state index is 2.69. The van der Waals surface area contributed by atoms with Gasteiger partial charge in [0.15, 0.2) is 0 Å². The number of hydrogen-bond acceptors (Lipinski definition) is 2. The first kappa shape index (κ1) is 13.4. The van der Waals surface area contributed by atoms with Gasteiger partial charge in [-0.2, -0.15) is 0 Å². The summed E-state index contributed by atoms with van der Waals surface area (Å²) < 4.78 is 0. The van der Waals surface area contributed by atoms with Crippen LogP contribution in [-0.4, -0.2) is 47.6 Å². The van der Waals surface area contributed by atoms with Gasteiger partial charge >= 0.3 is 0 Å². The van der Waals surface area contributed by atoms with Crippen molar-refractivity contribution < 1.29 is 0 Å². The van der Waals surface area contributed by atoms with Crippen LogP contribution in [0.4, 0.5) is 0 Å². The molecule has 0 aromatic rings. The zero-order valence-electron chi connectivity index (χ0n) is 12.4. The molecule has 2 atom stereocenters. The molecular weight excluding hydrogens is 208 g/mol. The Bertz CT molecular complexity index is 238. The van der Waals surface area contributed by atoms with Gasteiger partial charge in [-0.05, 0) is 72.4 Å². The monoisotopic (exact) mass is 238 g/mol. The SMILES string of the molecule is CC(C)N1C[C@H]2CCN(C(C)(C)C)CC[C@H]2C1. The van der Waals surface area contributed by atoms with Gasteiger partial charge < -0.3 is 4.90 Å². The van der Waals surface area contributed by atoms with Crippen molar-refractivity contribution in [2.75, 3.05) is 26.2 Å². The van der Waals surface area contributed by atoms with Crippen LogP contribution in [0.25, 0.3) is 0 Å². The molecule has 0 unspecified atom stereocenters. The summed E-state index contributed by atoms with van der Waals surface area (Å²) in [5.74, 6) is 1.93. The molecule has 2 heterocycles. The van der Waals surface area contributed by atoms with Crippen molar-refractivity contribution in [3.8, 4) is 0 Å². The summed E-state index contributed by atoms with van der Waals surface area (Å²) in [6.07, 6.45) is 2.82. The Kier molecular flexibility index (Phi) is 3.84. The van der Waals surface area contributed by atoms with Crippen molar-refractivity contribution in [1.29, 1.82) is 0 Å². The Balaban J connectivity index is 1.94. The van der Waals surface area contributed by atoms with Crippen molar-refractivity contribution >= 4 is 0 Å². The van der Waals surface area contributed by atoms with Gasteiger partial charge in [0.2, 0.25) is 0 Å². The molecule has 0 saturated carbocycles. The molecule has 0 aliphatic carbocycles. The lowest BCUT2D eigenvalue weighted by molar-refractivity contribution is 0.134. The van der Waals surface area contributed by atoms with Crippen LogP contribution in [0.2, 0.25) is 0 Å². The van der Waals surface area contributed by atoms with Crippen LogP contribution < -0.4 is 0 Å². The highest BCUT2D eigenvalue weighted by atomic mass is 15.2. The van der Waals surface area contributed by atoms with E-state index in [1.807, 2.05) is 0 Å². The molecule has 17 heavy (non-hydrogen) atoms. The van der Waals surface area contributed by atoms with E-state index in [0.717, 1.165) is 17.9 Å². The predicted molar refractivity (Wildman–Crippen MR) is 74.2 cm³/mol. The second kappa shape index (κ2) is 4.89. The van der Waals surface area contributed by atoms with Gasteiger partial charge in [-0.1, -0.05) is 0 Å². The highest BCUT2D eigenvalue weighted by Gasteiger charge is 2.37. The molecule has 2 nitrogen and oxygen atoms in total. The summed E-state index contributed by atoms with van der Waals surface area (Å²) in [4.78, 5) is 5.37. The Morgan fingerprint density at radius 1 is 0.941 bits per heavy atom. The van der Waals surface area contributed by atoms with E-state index in [0.29, 0.717) is 5.54 Å². The lowest BCUT2D eigenvalue weighted by Crippen LogP contribution is -2.42. The summed E-state index contributed by atoms with van der Waals surface area (Å²) in [5, 5.41) is 0. The zero-order valence-corrected chi connectivity index (χ0v) is 12.4. The molecule has 0 N–H and O–H groups in total. The number of likely N-dealkylation sites (tertiary alicyclic amines) is 2. The van der Waals surface area contributed by atoms with E-state index < -0.39 is 0 Å². The van der Waals surface area contributed by atoms with Gasteiger partial charge in [0, 0.05) is 24.7 Å². The number of fused-ring (bicyclic) bond motifs is 1. The molecule has 0 aromatic carbocycles. The molecule has 100 valence electrons. The molecule has 0 bridgehead atoms. The summed E-state index contributed by atoms with van der Waals surface area (Å²) in [7, 11) is 0. The fourth-order valence-corrected chi connectivity index (χ4v) is 3.48. The van der Waals surface area contributed by atoms with E-state index in [1.54, 1.807) is 0 Å². The Labute approximate surface area is 107 Å². The van der Waals surface area contributed by atoms with E-state index in [1.165, 1.54) is 39.0 Å². The van der Waals surface area contributed by atoms with Gasteiger partial charge in [-0.15, -0.1) is 0 Å². The minimum Gasteiger partial charge on any atom is -0.300 e. The van der Waals surface area contributed by atoms with E-state index in [9.17, 15) is 0 Å². The fraction of sp³-hybridized carbons (Fsp3) is 1.00. The molecule has 0 spiro atoms. The molecule has 2 aliphatic rings. The van der Waals surface area contributed by atoms with Crippen LogP contribution >= 0.6 is 0 Å². The first-order valence-corrected chi connectivity index (χ1v) is 7.37. The first-order valence-electron chi connectivity index (χ1n) is 7.37. The predicted octanol–water partition coefficient (Wildman–Crippen LogP) is 2.84. The summed E-state index contributed by atoms with van der Waals surface area (Å²) >= 11 is 0. The van der Waals surface area contributed by atoms with E-state index >= 15 is 0 Å². The molecule has 2 aliphatic heterocycles. The van der Waals surface area contributed by atoms with Gasteiger partial charge in [0.1, 0.15) is 0 Å². The van der Waals surface area contributed by atoms with Crippen molar-refractivity contribution in [2.24, 2.45) is 11.8 Å². The van der Waals surface area contributed by atoms with Crippen LogP contribution in [0.1, 0.15) is 47.5 Å². The number of nitrogens with zero attached hydrogens (tertiary/aromatic N) is 2. The maximum Gasteiger partial charge on any atom is 0.0125 e. The smallest absolute Gasteiger partial charge is 0.0125 e. The highest BCUT2D eigenvalue weighted by molar-refractivity contribution is 4.90. The maximum absolute atomic E-state index is 2.69. The third-order valence-corrected chi connectivity index (χ3v) is 4.82. The van der Waals surface area contributed by atoms with Crippen LogP contribution in [0.5, 0.6) is 0 Å². The summed E-state index contributed by atoms with van der Waals surface area (Å²) in [6, 6.07) is 0.737. The Morgan fingerprint density at radius 2 is 1.41 bits per heavy atom. The van der Waals surface area contributed by atoms with Gasteiger partial charge in [-0.25, -0.2) is 0 Å². The molecule has 0 radical (unpaired) electrons. The molecule has 2 saturated heterocycles. The van der Waals surface area contributed by atoms with Crippen LogP contribution in [0, 0.1) is 11.8 Å². The minimum atomic E-state index is 0.358. The fourth-order valence-electron chi connectivity index (χ4n) is 3.48. The normalized spacial score (nSPS) is 32.8. The van der Waals surface area contributed by atoms with Crippen molar-refractivity contribution in [3.63, 3.8) is 0 Å². The topological polar surface area (TPSA) is 6.48 Å². The third-order valence-electron chi connectivity index (χ3n) is 4.82. The Morgan fingerprint density at radius 3 is 1.76 bits per heavy atom. The standard InChI is InChI=1S/C15H30N2/c1-12(2)16-10-13-6-8-17(15(3,4)5)9-7-14(13)11-16/h12-14H,6-11H2,1-5H3/t13-,14+. The van der Waals surface area contributed by atoms with Crippen molar-refractivity contribution in [1.82, 2.24) is 9.80 Å². The van der Waals surface area contributed by atoms with Crippen LogP contribution in [-0.2, 0) is 0 Å². The molecule has 0 aromatic heterocycles. The second-order valence-electron chi connectivity index (χ2n) is 7.30. The minimum absolute atomic E-state index is 0.358. The van der Waals surface area contributed by atoms with Crippen LogP contribution in [0.3, 0.4) is 0 Å². The van der Waals surface area contributed by atoms with E-state index in [4.69, 9.17) is 0 Å². The third kappa shape index (κ3) is 3.03. The molecule has 2 fully saturated rings. The Hall–Kier alpha value is -0.0800. The van der Waals surface area contributed by atoms with Crippen LogP contribution in [0.15, 0.2) is 0 Å². The average molecular weight is 238 g/mol. The molecule has 2 heteroatoms. The summed E-state index contributed by atoms with van der Waals surface area (Å²) in [5.41, 5.74) is 0.358.